The molecular weight excluding hydrogens is 442 g/mol. The Morgan fingerprint density at radius 2 is 1.91 bits per heavy atom. The molecular formula is C27H37N5O3. The van der Waals surface area contributed by atoms with Gasteiger partial charge in [0.25, 0.3) is 5.91 Å². The maximum atomic E-state index is 12.8. The van der Waals surface area contributed by atoms with Gasteiger partial charge < -0.3 is 20.6 Å². The Bertz CT molecular complexity index is 1050. The molecule has 35 heavy (non-hydrogen) atoms. The third-order valence-corrected chi connectivity index (χ3v) is 7.36. The minimum Gasteiger partial charge on any atom is -0.390 e. The lowest BCUT2D eigenvalue weighted by Crippen LogP contribution is -2.51. The van der Waals surface area contributed by atoms with Gasteiger partial charge in [-0.05, 0) is 56.4 Å². The number of β-amino-alcohol motifs (C(OH)–C–C–N with tert-alkyl or cyclic N) is 1. The number of carbonyl (C=O) groups excluding carboxylic acids is 2. The Kier molecular flexibility index (Phi) is 7.72. The zero-order valence-electron chi connectivity index (χ0n) is 21.0. The first-order valence-electron chi connectivity index (χ1n) is 12.5. The van der Waals surface area contributed by atoms with Gasteiger partial charge in [0, 0.05) is 63.0 Å². The summed E-state index contributed by atoms with van der Waals surface area (Å²) in [5, 5.41) is 17.0. The first kappa shape index (κ1) is 25.1. The van der Waals surface area contributed by atoms with E-state index in [4.69, 9.17) is 0 Å². The molecule has 0 saturated carbocycles. The third-order valence-electron chi connectivity index (χ3n) is 7.36. The van der Waals surface area contributed by atoms with Crippen LogP contribution in [0.4, 0.5) is 5.82 Å². The molecule has 2 aliphatic heterocycles. The van der Waals surface area contributed by atoms with Crippen LogP contribution in [0.25, 0.3) is 0 Å². The first-order valence-corrected chi connectivity index (χ1v) is 12.5. The van der Waals surface area contributed by atoms with E-state index >= 15 is 0 Å². The smallest absolute Gasteiger partial charge is 0.251 e. The summed E-state index contributed by atoms with van der Waals surface area (Å²) in [6, 6.07) is 12.1. The van der Waals surface area contributed by atoms with Gasteiger partial charge in [0.15, 0.2) is 0 Å². The standard InChI is InChI=1S/C27H37N5O3/c1-19(33)31-13-10-22(11-14-31)30-25-16-21(8-12-28-25)26(35)29-17-23(34)18-32-15-9-20-6-4-5-7-24(20)27(32,2)3/h4-8,12,16,22-23,34H,9-11,13-15,17-18H2,1-3H3,(H,28,30)(H,29,35)/t23-/m1/s1. The highest BCUT2D eigenvalue weighted by Gasteiger charge is 2.35. The lowest BCUT2D eigenvalue weighted by Gasteiger charge is -2.44. The lowest BCUT2D eigenvalue weighted by molar-refractivity contribution is -0.129. The SMILES string of the molecule is CC(=O)N1CCC(Nc2cc(C(=O)NC[C@@H](O)CN3CCc4ccccc4C3(C)C)ccn2)CC1. The Morgan fingerprint density at radius 3 is 2.66 bits per heavy atom. The van der Waals surface area contributed by atoms with Crippen molar-refractivity contribution in [1.29, 1.82) is 0 Å². The normalized spacial score (nSPS) is 19.0. The highest BCUT2D eigenvalue weighted by molar-refractivity contribution is 5.94. The maximum Gasteiger partial charge on any atom is 0.251 e. The summed E-state index contributed by atoms with van der Waals surface area (Å²) in [6.07, 6.45) is 3.60. The number of anilines is 1. The molecule has 8 heteroatoms. The van der Waals surface area contributed by atoms with Gasteiger partial charge in [0.05, 0.1) is 6.10 Å². The number of rotatable bonds is 7. The van der Waals surface area contributed by atoms with E-state index < -0.39 is 6.10 Å². The second kappa shape index (κ2) is 10.7. The number of piperidine rings is 1. The molecule has 1 fully saturated rings. The number of nitrogens with one attached hydrogen (secondary N) is 2. The van der Waals surface area contributed by atoms with Crippen LogP contribution < -0.4 is 10.6 Å². The number of hydrogen-bond acceptors (Lipinski definition) is 6. The molecule has 0 aliphatic carbocycles. The Balaban J connectivity index is 1.28. The van der Waals surface area contributed by atoms with Crippen LogP contribution in [0.15, 0.2) is 42.6 Å². The number of aromatic nitrogens is 1. The van der Waals surface area contributed by atoms with Gasteiger partial charge in [-0.25, -0.2) is 4.98 Å². The van der Waals surface area contributed by atoms with Gasteiger partial charge >= 0.3 is 0 Å². The quantitative estimate of drug-likeness (QED) is 0.564. The number of aliphatic hydroxyl groups excluding tert-OH is 1. The maximum absolute atomic E-state index is 12.8. The van der Waals surface area contributed by atoms with E-state index in [1.54, 1.807) is 25.3 Å². The van der Waals surface area contributed by atoms with Crippen LogP contribution in [-0.2, 0) is 16.8 Å². The number of nitrogens with zero attached hydrogens (tertiary/aromatic N) is 3. The van der Waals surface area contributed by atoms with E-state index in [0.717, 1.165) is 38.9 Å². The predicted octanol–water partition coefficient (Wildman–Crippen LogP) is 2.39. The van der Waals surface area contributed by atoms with Gasteiger partial charge in [-0.2, -0.15) is 0 Å². The van der Waals surface area contributed by atoms with Gasteiger partial charge in [0.2, 0.25) is 5.91 Å². The molecule has 1 saturated heterocycles. The zero-order valence-corrected chi connectivity index (χ0v) is 21.0. The van der Waals surface area contributed by atoms with Crippen molar-refractivity contribution in [2.75, 3.05) is 38.0 Å². The number of benzene rings is 1. The van der Waals surface area contributed by atoms with Crippen LogP contribution in [0.3, 0.4) is 0 Å². The summed E-state index contributed by atoms with van der Waals surface area (Å²) in [5.74, 6) is 0.522. The molecule has 0 spiro atoms. The van der Waals surface area contributed by atoms with Crippen LogP contribution in [-0.4, -0.2) is 76.6 Å². The molecule has 0 unspecified atom stereocenters. The molecule has 0 radical (unpaired) electrons. The van der Waals surface area contributed by atoms with Gasteiger partial charge in [0.1, 0.15) is 5.82 Å². The van der Waals surface area contributed by atoms with Gasteiger partial charge in [-0.1, -0.05) is 24.3 Å². The van der Waals surface area contributed by atoms with Crippen molar-refractivity contribution in [3.05, 3.63) is 59.3 Å². The fourth-order valence-electron chi connectivity index (χ4n) is 5.19. The molecule has 0 bridgehead atoms. The highest BCUT2D eigenvalue weighted by Crippen LogP contribution is 2.34. The Labute approximate surface area is 207 Å². The van der Waals surface area contributed by atoms with Crippen molar-refractivity contribution in [2.24, 2.45) is 0 Å². The molecule has 8 nitrogen and oxygen atoms in total. The second-order valence-electron chi connectivity index (χ2n) is 10.1. The van der Waals surface area contributed by atoms with E-state index in [0.29, 0.717) is 17.9 Å². The molecule has 2 aromatic rings. The Hall–Kier alpha value is -2.97. The minimum absolute atomic E-state index is 0.107. The van der Waals surface area contributed by atoms with E-state index in [1.807, 2.05) is 4.90 Å². The van der Waals surface area contributed by atoms with Crippen molar-refractivity contribution in [1.82, 2.24) is 20.1 Å². The van der Waals surface area contributed by atoms with E-state index in [1.165, 1.54) is 11.1 Å². The molecule has 188 valence electrons. The fraction of sp³-hybridized carbons (Fsp3) is 0.519. The number of pyridine rings is 1. The van der Waals surface area contributed by atoms with Crippen LogP contribution in [0, 0.1) is 0 Å². The number of amides is 2. The monoisotopic (exact) mass is 479 g/mol. The van der Waals surface area contributed by atoms with Crippen LogP contribution in [0.5, 0.6) is 0 Å². The molecule has 2 aliphatic rings. The molecule has 2 amide bonds. The Morgan fingerprint density at radius 1 is 1.17 bits per heavy atom. The summed E-state index contributed by atoms with van der Waals surface area (Å²) in [4.78, 5) is 32.8. The minimum atomic E-state index is -0.672. The molecule has 1 aromatic heterocycles. The summed E-state index contributed by atoms with van der Waals surface area (Å²) in [5.41, 5.74) is 2.99. The van der Waals surface area contributed by atoms with Gasteiger partial charge in [-0.3, -0.25) is 14.5 Å². The number of hydrogen-bond donors (Lipinski definition) is 3. The van der Waals surface area contributed by atoms with Crippen molar-refractivity contribution >= 4 is 17.6 Å². The van der Waals surface area contributed by atoms with Crippen molar-refractivity contribution in [3.63, 3.8) is 0 Å². The fourth-order valence-corrected chi connectivity index (χ4v) is 5.19. The lowest BCUT2D eigenvalue weighted by atomic mass is 9.83. The third kappa shape index (κ3) is 6.00. The summed E-state index contributed by atoms with van der Waals surface area (Å²) >= 11 is 0. The predicted molar refractivity (Wildman–Crippen MR) is 136 cm³/mol. The highest BCUT2D eigenvalue weighted by atomic mass is 16.3. The van der Waals surface area contributed by atoms with Crippen molar-refractivity contribution in [2.45, 2.75) is 57.7 Å². The largest absolute Gasteiger partial charge is 0.390 e. The summed E-state index contributed by atoms with van der Waals surface area (Å²) in [6.45, 7) is 8.97. The molecule has 4 rings (SSSR count). The molecule has 3 heterocycles. The zero-order chi connectivity index (χ0) is 25.0. The number of likely N-dealkylation sites (tertiary alicyclic amines) is 1. The molecule has 1 atom stereocenters. The topological polar surface area (TPSA) is 97.8 Å². The van der Waals surface area contributed by atoms with E-state index in [-0.39, 0.29) is 29.9 Å². The number of aliphatic hydroxyl groups is 1. The van der Waals surface area contributed by atoms with Crippen LogP contribution in [0.2, 0.25) is 0 Å². The van der Waals surface area contributed by atoms with Crippen LogP contribution in [0.1, 0.15) is 55.1 Å². The average Bonchev–Trinajstić information content (AvgIpc) is 2.85. The summed E-state index contributed by atoms with van der Waals surface area (Å²) < 4.78 is 0. The first-order chi connectivity index (χ1) is 16.7. The molecule has 1 aromatic carbocycles. The van der Waals surface area contributed by atoms with Crippen LogP contribution >= 0.6 is 0 Å². The van der Waals surface area contributed by atoms with Gasteiger partial charge in [-0.15, -0.1) is 0 Å². The van der Waals surface area contributed by atoms with E-state index in [2.05, 4.69) is 58.6 Å². The van der Waals surface area contributed by atoms with E-state index in [9.17, 15) is 14.7 Å². The molecule has 3 N–H and O–H groups in total. The number of fused-ring (bicyclic) bond motifs is 1. The average molecular weight is 480 g/mol. The second-order valence-corrected chi connectivity index (χ2v) is 10.1. The van der Waals surface area contributed by atoms with Crippen molar-refractivity contribution in [3.8, 4) is 0 Å². The summed E-state index contributed by atoms with van der Waals surface area (Å²) in [7, 11) is 0. The van der Waals surface area contributed by atoms with Crippen molar-refractivity contribution < 1.29 is 14.7 Å². The number of carbonyl (C=O) groups is 2.